The lowest BCUT2D eigenvalue weighted by Crippen LogP contribution is -1.97. The van der Waals surface area contributed by atoms with E-state index >= 15 is 0 Å². The van der Waals surface area contributed by atoms with E-state index in [2.05, 4.69) is 27.3 Å². The summed E-state index contributed by atoms with van der Waals surface area (Å²) in [6, 6.07) is 12.8. The number of nitrogens with one attached hydrogen (secondary N) is 1. The van der Waals surface area contributed by atoms with Crippen molar-refractivity contribution in [2.75, 3.05) is 18.2 Å². The second kappa shape index (κ2) is 5.63. The van der Waals surface area contributed by atoms with Gasteiger partial charge in [0.2, 0.25) is 0 Å². The Kier molecular flexibility index (Phi) is 3.93. The van der Waals surface area contributed by atoms with Gasteiger partial charge in [-0.2, -0.15) is 5.26 Å². The molecule has 2 aromatic carbocycles. The van der Waals surface area contributed by atoms with E-state index in [-0.39, 0.29) is 0 Å². The standard InChI is InChI=1S/C14H12BrN3O/c1-19-10-3-5-14(12(17)7-10)18-13-4-2-9(8-16)6-11(13)15/h2-7,18H,17H2,1H3. The molecule has 2 rings (SSSR count). The highest BCUT2D eigenvalue weighted by atomic mass is 79.9. The van der Waals surface area contributed by atoms with Crippen LogP contribution in [-0.2, 0) is 0 Å². The number of ether oxygens (including phenoxy) is 1. The normalized spacial score (nSPS) is 9.74. The third kappa shape index (κ3) is 2.98. The first-order valence-corrected chi connectivity index (χ1v) is 6.33. The van der Waals surface area contributed by atoms with E-state index in [1.54, 1.807) is 25.3 Å². The zero-order chi connectivity index (χ0) is 13.8. The molecule has 2 aromatic rings. The van der Waals surface area contributed by atoms with Gasteiger partial charge in [0.25, 0.3) is 0 Å². The molecule has 0 saturated heterocycles. The Morgan fingerprint density at radius 2 is 1.95 bits per heavy atom. The smallest absolute Gasteiger partial charge is 0.121 e. The summed E-state index contributed by atoms with van der Waals surface area (Å²) < 4.78 is 5.91. The molecule has 0 fully saturated rings. The minimum Gasteiger partial charge on any atom is -0.497 e. The molecule has 0 radical (unpaired) electrons. The number of rotatable bonds is 3. The van der Waals surface area contributed by atoms with Crippen molar-refractivity contribution >= 4 is 33.0 Å². The van der Waals surface area contributed by atoms with Gasteiger partial charge in [-0.05, 0) is 46.3 Å². The quantitative estimate of drug-likeness (QED) is 0.847. The van der Waals surface area contributed by atoms with Crippen LogP contribution in [-0.4, -0.2) is 7.11 Å². The molecule has 19 heavy (non-hydrogen) atoms. The molecule has 0 aromatic heterocycles. The lowest BCUT2D eigenvalue weighted by atomic mass is 10.2. The van der Waals surface area contributed by atoms with E-state index < -0.39 is 0 Å². The summed E-state index contributed by atoms with van der Waals surface area (Å²) in [4.78, 5) is 0. The molecule has 5 heteroatoms. The van der Waals surface area contributed by atoms with Crippen molar-refractivity contribution in [1.82, 2.24) is 0 Å². The number of anilines is 3. The molecule has 0 aliphatic heterocycles. The second-order valence-corrected chi connectivity index (χ2v) is 4.74. The number of methoxy groups -OCH3 is 1. The Morgan fingerprint density at radius 1 is 1.21 bits per heavy atom. The van der Waals surface area contributed by atoms with Gasteiger partial charge in [-0.25, -0.2) is 0 Å². The maximum Gasteiger partial charge on any atom is 0.121 e. The number of nitrogens with zero attached hydrogens (tertiary/aromatic N) is 1. The maximum absolute atomic E-state index is 8.82. The van der Waals surface area contributed by atoms with E-state index in [1.165, 1.54) is 0 Å². The fourth-order valence-corrected chi connectivity index (χ4v) is 2.09. The van der Waals surface area contributed by atoms with Gasteiger partial charge in [0.05, 0.1) is 35.8 Å². The van der Waals surface area contributed by atoms with Crippen LogP contribution in [0.5, 0.6) is 5.75 Å². The zero-order valence-electron chi connectivity index (χ0n) is 10.3. The molecule has 0 spiro atoms. The number of benzene rings is 2. The van der Waals surface area contributed by atoms with E-state index in [1.807, 2.05) is 18.2 Å². The monoisotopic (exact) mass is 317 g/mol. The lowest BCUT2D eigenvalue weighted by molar-refractivity contribution is 0.415. The molecule has 0 saturated carbocycles. The first kappa shape index (κ1) is 13.2. The number of hydrogen-bond acceptors (Lipinski definition) is 4. The highest BCUT2D eigenvalue weighted by Gasteiger charge is 2.05. The summed E-state index contributed by atoms with van der Waals surface area (Å²) in [5, 5.41) is 12.0. The highest BCUT2D eigenvalue weighted by Crippen LogP contribution is 2.31. The Hall–Kier alpha value is -2.19. The molecular weight excluding hydrogens is 306 g/mol. The van der Waals surface area contributed by atoms with Gasteiger partial charge in [-0.15, -0.1) is 0 Å². The predicted molar refractivity (Wildman–Crippen MR) is 79.5 cm³/mol. The average Bonchev–Trinajstić information content (AvgIpc) is 2.42. The molecule has 0 amide bonds. The molecule has 0 atom stereocenters. The van der Waals surface area contributed by atoms with E-state index in [4.69, 9.17) is 15.7 Å². The van der Waals surface area contributed by atoms with Gasteiger partial charge in [0.1, 0.15) is 5.75 Å². The van der Waals surface area contributed by atoms with Crippen LogP contribution in [0.2, 0.25) is 0 Å². The van der Waals surface area contributed by atoms with E-state index in [0.29, 0.717) is 17.0 Å². The van der Waals surface area contributed by atoms with Gasteiger partial charge < -0.3 is 15.8 Å². The zero-order valence-corrected chi connectivity index (χ0v) is 11.9. The number of nitrogen functional groups attached to an aromatic ring is 1. The molecule has 0 aliphatic rings. The summed E-state index contributed by atoms with van der Waals surface area (Å²) in [5.74, 6) is 0.710. The molecule has 0 bridgehead atoms. The van der Waals surface area contributed by atoms with Crippen LogP contribution in [0.1, 0.15) is 5.56 Å². The predicted octanol–water partition coefficient (Wildman–Crippen LogP) is 3.66. The van der Waals surface area contributed by atoms with Gasteiger partial charge in [-0.3, -0.25) is 0 Å². The summed E-state index contributed by atoms with van der Waals surface area (Å²) in [5.41, 5.74) is 8.76. The van der Waals surface area contributed by atoms with E-state index in [9.17, 15) is 0 Å². The van der Waals surface area contributed by atoms with Crippen molar-refractivity contribution in [1.29, 1.82) is 5.26 Å². The van der Waals surface area contributed by atoms with Crippen molar-refractivity contribution in [3.8, 4) is 11.8 Å². The first-order valence-electron chi connectivity index (χ1n) is 5.54. The third-order valence-electron chi connectivity index (χ3n) is 2.63. The van der Waals surface area contributed by atoms with Gasteiger partial charge >= 0.3 is 0 Å². The number of nitriles is 1. The summed E-state index contributed by atoms with van der Waals surface area (Å²) >= 11 is 3.42. The van der Waals surface area contributed by atoms with Crippen molar-refractivity contribution in [2.24, 2.45) is 0 Å². The average molecular weight is 318 g/mol. The largest absolute Gasteiger partial charge is 0.497 e. The number of nitrogens with two attached hydrogens (primary N) is 1. The van der Waals surface area contributed by atoms with Crippen LogP contribution in [0.4, 0.5) is 17.1 Å². The first-order chi connectivity index (χ1) is 9.13. The number of hydrogen-bond donors (Lipinski definition) is 2. The Bertz CT molecular complexity index is 650. The minimum absolute atomic E-state index is 0.593. The fourth-order valence-electron chi connectivity index (χ4n) is 1.61. The Morgan fingerprint density at radius 3 is 2.53 bits per heavy atom. The fraction of sp³-hybridized carbons (Fsp3) is 0.0714. The van der Waals surface area contributed by atoms with Crippen LogP contribution in [0.25, 0.3) is 0 Å². The van der Waals surface area contributed by atoms with Crippen molar-refractivity contribution in [2.45, 2.75) is 0 Å². The van der Waals surface area contributed by atoms with Crippen LogP contribution < -0.4 is 15.8 Å². The molecule has 0 heterocycles. The molecule has 4 nitrogen and oxygen atoms in total. The van der Waals surface area contributed by atoms with Crippen molar-refractivity contribution in [3.63, 3.8) is 0 Å². The van der Waals surface area contributed by atoms with Gasteiger partial charge in [0.15, 0.2) is 0 Å². The molecule has 3 N–H and O–H groups in total. The second-order valence-electron chi connectivity index (χ2n) is 3.88. The molecule has 96 valence electrons. The van der Waals surface area contributed by atoms with Crippen molar-refractivity contribution < 1.29 is 4.74 Å². The van der Waals surface area contributed by atoms with Crippen LogP contribution in [0, 0.1) is 11.3 Å². The summed E-state index contributed by atoms with van der Waals surface area (Å²) in [7, 11) is 1.60. The lowest BCUT2D eigenvalue weighted by Gasteiger charge is -2.12. The van der Waals surface area contributed by atoms with Crippen LogP contribution >= 0.6 is 15.9 Å². The minimum atomic E-state index is 0.593. The van der Waals surface area contributed by atoms with Crippen LogP contribution in [0.15, 0.2) is 40.9 Å². The maximum atomic E-state index is 8.82. The Balaban J connectivity index is 2.29. The molecule has 0 aliphatic carbocycles. The molecule has 0 unspecified atom stereocenters. The van der Waals surface area contributed by atoms with Crippen LogP contribution in [0.3, 0.4) is 0 Å². The highest BCUT2D eigenvalue weighted by molar-refractivity contribution is 9.10. The SMILES string of the molecule is COc1ccc(Nc2ccc(C#N)cc2Br)c(N)c1. The summed E-state index contributed by atoms with van der Waals surface area (Å²) in [6.45, 7) is 0. The number of halogens is 1. The van der Waals surface area contributed by atoms with Gasteiger partial charge in [-0.1, -0.05) is 0 Å². The van der Waals surface area contributed by atoms with E-state index in [0.717, 1.165) is 15.8 Å². The molecular formula is C14H12BrN3O. The topological polar surface area (TPSA) is 71.1 Å². The summed E-state index contributed by atoms with van der Waals surface area (Å²) in [6.07, 6.45) is 0. The third-order valence-corrected chi connectivity index (χ3v) is 3.28. The Labute approximate surface area is 119 Å². The van der Waals surface area contributed by atoms with Crippen molar-refractivity contribution in [3.05, 3.63) is 46.4 Å². The van der Waals surface area contributed by atoms with Gasteiger partial charge in [0, 0.05) is 10.5 Å².